The van der Waals surface area contributed by atoms with E-state index < -0.39 is 0 Å². The first-order valence-corrected chi connectivity index (χ1v) is 11.2. The lowest BCUT2D eigenvalue weighted by Gasteiger charge is -2.11. The summed E-state index contributed by atoms with van der Waals surface area (Å²) in [4.78, 5) is 29.8. The third-order valence-electron chi connectivity index (χ3n) is 5.05. The summed E-state index contributed by atoms with van der Waals surface area (Å²) in [5.74, 6) is 0.846. The van der Waals surface area contributed by atoms with Gasteiger partial charge in [0.1, 0.15) is 5.03 Å². The first-order chi connectivity index (χ1) is 16.2. The van der Waals surface area contributed by atoms with Crippen LogP contribution in [0.3, 0.4) is 0 Å². The number of benzene rings is 3. The molecule has 2 heterocycles. The molecule has 1 aromatic heterocycles. The molecule has 0 radical (unpaired) electrons. The van der Waals surface area contributed by atoms with Gasteiger partial charge in [-0.2, -0.15) is 0 Å². The predicted molar refractivity (Wildman–Crippen MR) is 128 cm³/mol. The Labute approximate surface area is 194 Å². The fraction of sp³-hybridized carbons (Fsp3) is 0.0800. The second-order valence-electron chi connectivity index (χ2n) is 7.24. The second kappa shape index (κ2) is 9.22. The van der Waals surface area contributed by atoms with Crippen LogP contribution in [0.15, 0.2) is 84.0 Å². The zero-order valence-electron chi connectivity index (χ0n) is 17.4. The molecule has 0 bridgehead atoms. The molecule has 3 aromatic carbocycles. The van der Waals surface area contributed by atoms with Crippen molar-refractivity contribution in [3.8, 4) is 11.5 Å². The van der Waals surface area contributed by atoms with Gasteiger partial charge < -0.3 is 20.1 Å². The minimum Gasteiger partial charge on any atom is -0.454 e. The van der Waals surface area contributed by atoms with Gasteiger partial charge in [-0.05, 0) is 35.7 Å². The molecule has 0 saturated heterocycles. The Bertz CT molecular complexity index is 1350. The van der Waals surface area contributed by atoms with Gasteiger partial charge in [0.2, 0.25) is 12.7 Å². The van der Waals surface area contributed by atoms with Crippen molar-refractivity contribution in [2.45, 2.75) is 5.03 Å². The lowest BCUT2D eigenvalue weighted by Crippen LogP contribution is -2.16. The number of nitrogens with one attached hydrogen (secondary N) is 2. The number of amides is 2. The predicted octanol–water partition coefficient (Wildman–Crippen LogP) is 4.95. The second-order valence-corrected chi connectivity index (χ2v) is 8.21. The lowest BCUT2D eigenvalue weighted by molar-refractivity contribution is -0.113. The number of thioether (sulfide) groups is 1. The molecule has 0 fully saturated rings. The quantitative estimate of drug-likeness (QED) is 0.399. The molecule has 0 saturated carbocycles. The normalized spacial score (nSPS) is 11.9. The van der Waals surface area contributed by atoms with E-state index in [0.717, 1.165) is 16.5 Å². The van der Waals surface area contributed by atoms with E-state index in [0.29, 0.717) is 27.8 Å². The van der Waals surface area contributed by atoms with Gasteiger partial charge in [-0.15, -0.1) is 0 Å². The molecule has 0 spiro atoms. The average Bonchev–Trinajstić information content (AvgIpc) is 3.31. The number of nitrogens with zero attached hydrogens (tertiary/aromatic N) is 1. The van der Waals surface area contributed by atoms with Crippen LogP contribution < -0.4 is 20.1 Å². The van der Waals surface area contributed by atoms with Crippen LogP contribution in [0, 0.1) is 0 Å². The molecule has 1 aliphatic heterocycles. The number of carbonyl (C=O) groups is 2. The summed E-state index contributed by atoms with van der Waals surface area (Å²) in [7, 11) is 0. The average molecular weight is 458 g/mol. The summed E-state index contributed by atoms with van der Waals surface area (Å²) in [5.41, 5.74) is 1.74. The third kappa shape index (κ3) is 4.61. The van der Waals surface area contributed by atoms with Crippen molar-refractivity contribution in [3.63, 3.8) is 0 Å². The van der Waals surface area contributed by atoms with E-state index >= 15 is 0 Å². The van der Waals surface area contributed by atoms with Crippen LogP contribution >= 0.6 is 11.8 Å². The standard InChI is InChI=1S/C25H19N3O4S/c29-23(27-17-10-11-21-22(13-17)32-15-31-21)14-33-25-19(8-4-12-26-25)24(30)28-20-9-3-6-16-5-1-2-7-18(16)20/h1-13H,14-15H2,(H,27,29)(H,28,30). The molecular weight excluding hydrogens is 438 g/mol. The summed E-state index contributed by atoms with van der Waals surface area (Å²) in [6.45, 7) is 0.172. The van der Waals surface area contributed by atoms with Crippen molar-refractivity contribution in [1.29, 1.82) is 0 Å². The summed E-state index contributed by atoms with van der Waals surface area (Å²) in [5, 5.41) is 8.28. The first kappa shape index (κ1) is 20.8. The first-order valence-electron chi connectivity index (χ1n) is 10.2. The summed E-state index contributed by atoms with van der Waals surface area (Å²) in [6, 6.07) is 22.2. The molecule has 2 N–H and O–H groups in total. The molecule has 33 heavy (non-hydrogen) atoms. The summed E-state index contributed by atoms with van der Waals surface area (Å²) < 4.78 is 10.6. The van der Waals surface area contributed by atoms with Gasteiger partial charge in [0.05, 0.1) is 11.3 Å². The van der Waals surface area contributed by atoms with E-state index in [-0.39, 0.29) is 24.4 Å². The number of ether oxygens (including phenoxy) is 2. The molecule has 0 aliphatic carbocycles. The molecule has 0 atom stereocenters. The molecular formula is C25H19N3O4S. The maximum absolute atomic E-state index is 13.0. The molecule has 4 aromatic rings. The molecule has 164 valence electrons. The van der Waals surface area contributed by atoms with E-state index in [9.17, 15) is 9.59 Å². The number of hydrogen-bond acceptors (Lipinski definition) is 6. The van der Waals surface area contributed by atoms with Crippen LogP contribution in [0.25, 0.3) is 10.8 Å². The third-order valence-corrected chi connectivity index (χ3v) is 6.06. The van der Waals surface area contributed by atoms with Crippen molar-refractivity contribution in [2.75, 3.05) is 23.2 Å². The van der Waals surface area contributed by atoms with Gasteiger partial charge in [0, 0.05) is 29.0 Å². The Morgan fingerprint density at radius 3 is 2.70 bits per heavy atom. The maximum Gasteiger partial charge on any atom is 0.258 e. The number of aromatic nitrogens is 1. The van der Waals surface area contributed by atoms with Gasteiger partial charge in [0.25, 0.3) is 5.91 Å². The van der Waals surface area contributed by atoms with Crippen LogP contribution in [-0.2, 0) is 4.79 Å². The van der Waals surface area contributed by atoms with Crippen molar-refractivity contribution in [1.82, 2.24) is 4.98 Å². The van der Waals surface area contributed by atoms with Crippen LogP contribution in [-0.4, -0.2) is 29.3 Å². The van der Waals surface area contributed by atoms with Crippen molar-refractivity contribution in [2.24, 2.45) is 0 Å². The van der Waals surface area contributed by atoms with E-state index in [4.69, 9.17) is 9.47 Å². The van der Waals surface area contributed by atoms with Crippen molar-refractivity contribution < 1.29 is 19.1 Å². The molecule has 2 amide bonds. The van der Waals surface area contributed by atoms with E-state index in [2.05, 4.69) is 15.6 Å². The van der Waals surface area contributed by atoms with Gasteiger partial charge in [-0.25, -0.2) is 4.98 Å². The Hall–Kier alpha value is -4.04. The van der Waals surface area contributed by atoms with Crippen molar-refractivity contribution in [3.05, 3.63) is 84.6 Å². The molecule has 1 aliphatic rings. The number of pyridine rings is 1. The van der Waals surface area contributed by atoms with Crippen LogP contribution in [0.1, 0.15) is 10.4 Å². The fourth-order valence-electron chi connectivity index (χ4n) is 3.51. The molecule has 7 nitrogen and oxygen atoms in total. The highest BCUT2D eigenvalue weighted by Crippen LogP contribution is 2.34. The highest BCUT2D eigenvalue weighted by atomic mass is 32.2. The Kier molecular flexibility index (Phi) is 5.82. The SMILES string of the molecule is O=C(CSc1ncccc1C(=O)Nc1cccc2ccccc12)Nc1ccc2c(c1)OCO2. The van der Waals surface area contributed by atoms with Gasteiger partial charge in [-0.1, -0.05) is 48.2 Å². The van der Waals surface area contributed by atoms with E-state index in [1.165, 1.54) is 11.8 Å². The number of fused-ring (bicyclic) bond motifs is 2. The number of rotatable bonds is 6. The van der Waals surface area contributed by atoms with E-state index in [1.807, 2.05) is 42.5 Å². The minimum atomic E-state index is -0.280. The minimum absolute atomic E-state index is 0.0972. The lowest BCUT2D eigenvalue weighted by atomic mass is 10.1. The van der Waals surface area contributed by atoms with E-state index in [1.54, 1.807) is 36.5 Å². The summed E-state index contributed by atoms with van der Waals surface area (Å²) in [6.07, 6.45) is 1.60. The van der Waals surface area contributed by atoms with Gasteiger partial charge in [0.15, 0.2) is 11.5 Å². The topological polar surface area (TPSA) is 89.6 Å². The van der Waals surface area contributed by atoms with Crippen LogP contribution in [0.4, 0.5) is 11.4 Å². The number of carbonyl (C=O) groups excluding carboxylic acids is 2. The highest BCUT2D eigenvalue weighted by Gasteiger charge is 2.17. The largest absolute Gasteiger partial charge is 0.454 e. The van der Waals surface area contributed by atoms with Gasteiger partial charge in [-0.3, -0.25) is 9.59 Å². The van der Waals surface area contributed by atoms with Crippen molar-refractivity contribution >= 4 is 45.7 Å². The number of anilines is 2. The highest BCUT2D eigenvalue weighted by molar-refractivity contribution is 8.00. The van der Waals surface area contributed by atoms with Gasteiger partial charge >= 0.3 is 0 Å². The summed E-state index contributed by atoms with van der Waals surface area (Å²) >= 11 is 1.20. The maximum atomic E-state index is 13.0. The Morgan fingerprint density at radius 1 is 0.909 bits per heavy atom. The van der Waals surface area contributed by atoms with Crippen LogP contribution in [0.2, 0.25) is 0 Å². The zero-order chi connectivity index (χ0) is 22.6. The Balaban J connectivity index is 1.26. The fourth-order valence-corrected chi connectivity index (χ4v) is 4.30. The molecule has 8 heteroatoms. The molecule has 5 rings (SSSR count). The molecule has 0 unspecified atom stereocenters. The zero-order valence-corrected chi connectivity index (χ0v) is 18.2. The van der Waals surface area contributed by atoms with Crippen LogP contribution in [0.5, 0.6) is 11.5 Å². The number of hydrogen-bond donors (Lipinski definition) is 2. The smallest absolute Gasteiger partial charge is 0.258 e. The Morgan fingerprint density at radius 2 is 1.76 bits per heavy atom. The monoisotopic (exact) mass is 457 g/mol.